The van der Waals surface area contributed by atoms with E-state index in [1.165, 1.54) is 0 Å². The number of benzene rings is 1. The topological polar surface area (TPSA) is 276 Å². The number of hydrogen-bond donors (Lipinski definition) is 6. The van der Waals surface area contributed by atoms with Crippen LogP contribution in [0.2, 0.25) is 0 Å². The molecule has 2 amide bonds. The first-order valence-corrected chi connectivity index (χ1v) is 21.0. The molecule has 5 aliphatic carbocycles. The molecule has 7 bridgehead atoms. The Balaban J connectivity index is 0.000000387. The van der Waals surface area contributed by atoms with E-state index < -0.39 is 82.4 Å². The molecule has 8 rings (SSSR count). The Morgan fingerprint density at radius 3 is 2.13 bits per heavy atom. The first-order chi connectivity index (χ1) is 29.2. The number of aliphatic carboxylic acids is 3. The van der Waals surface area contributed by atoms with Gasteiger partial charge in [-0.15, -0.1) is 0 Å². The van der Waals surface area contributed by atoms with E-state index in [-0.39, 0.29) is 84.5 Å². The van der Waals surface area contributed by atoms with Crippen molar-refractivity contribution in [1.82, 2.24) is 4.90 Å². The molecule has 1 aromatic rings. The van der Waals surface area contributed by atoms with E-state index in [1.54, 1.807) is 59.6 Å². The number of esters is 1. The lowest BCUT2D eigenvalue weighted by Crippen LogP contribution is -2.82. The summed E-state index contributed by atoms with van der Waals surface area (Å²) in [5.41, 5.74) is -6.91. The number of carboxylic acids is 3. The zero-order chi connectivity index (χ0) is 45.5. The second-order valence-corrected chi connectivity index (χ2v) is 18.4. The van der Waals surface area contributed by atoms with Gasteiger partial charge in [0.25, 0.3) is 0 Å². The van der Waals surface area contributed by atoms with Crippen LogP contribution in [0.4, 0.5) is 5.69 Å². The van der Waals surface area contributed by atoms with Gasteiger partial charge in [-0.05, 0) is 43.9 Å². The number of likely N-dealkylation sites (N-methyl/N-ethyl adjacent to an activating group) is 1. The van der Waals surface area contributed by atoms with Gasteiger partial charge in [-0.3, -0.25) is 24.1 Å². The maximum atomic E-state index is 14.1. The molecule has 0 aromatic heterocycles. The van der Waals surface area contributed by atoms with Crippen molar-refractivity contribution in [2.75, 3.05) is 53.0 Å². The Kier molecular flexibility index (Phi) is 12.0. The highest BCUT2D eigenvalue weighted by Gasteiger charge is 2.91. The normalized spacial score (nSPS) is 40.2. The zero-order valence-corrected chi connectivity index (χ0v) is 35.7. The number of piperidine rings is 1. The summed E-state index contributed by atoms with van der Waals surface area (Å²) in [5, 5.41) is 60.4. The van der Waals surface area contributed by atoms with Crippen molar-refractivity contribution in [3.8, 4) is 0 Å². The number of likely N-dealkylation sites (tertiary alicyclic amines) is 1. The Bertz CT molecular complexity index is 1980. The molecule has 342 valence electrons. The van der Waals surface area contributed by atoms with Gasteiger partial charge in [-0.1, -0.05) is 26.0 Å². The molecule has 2 heterocycles. The van der Waals surface area contributed by atoms with Crippen LogP contribution in [0.3, 0.4) is 0 Å². The van der Waals surface area contributed by atoms with Crippen LogP contribution < -0.4 is 4.90 Å². The van der Waals surface area contributed by atoms with Gasteiger partial charge in [-0.2, -0.15) is 0 Å². The Hall–Kier alpha value is -4.08. The maximum absolute atomic E-state index is 14.1. The van der Waals surface area contributed by atoms with Crippen LogP contribution in [0, 0.1) is 40.4 Å². The molecule has 2 aliphatic heterocycles. The van der Waals surface area contributed by atoms with Crippen LogP contribution in [0.15, 0.2) is 24.3 Å². The van der Waals surface area contributed by atoms with E-state index in [2.05, 4.69) is 11.8 Å². The summed E-state index contributed by atoms with van der Waals surface area (Å²) in [6.07, 6.45) is -1.48. The number of methoxy groups -OCH3 is 4. The van der Waals surface area contributed by atoms with Crippen LogP contribution >= 0.6 is 0 Å². The maximum Gasteiger partial charge on any atom is 0.340 e. The molecule has 5 saturated carbocycles. The lowest BCUT2D eigenvalue weighted by molar-refractivity contribution is -0.320. The van der Waals surface area contributed by atoms with E-state index in [1.807, 2.05) is 0 Å². The number of nitrogens with zero attached hydrogens (tertiary/aromatic N) is 2. The van der Waals surface area contributed by atoms with Crippen LogP contribution in [-0.4, -0.2) is 167 Å². The van der Waals surface area contributed by atoms with Gasteiger partial charge in [0, 0.05) is 82.3 Å². The molecule has 1 spiro atoms. The summed E-state index contributed by atoms with van der Waals surface area (Å²) >= 11 is 0. The van der Waals surface area contributed by atoms with E-state index in [0.29, 0.717) is 25.9 Å². The molecule has 7 aliphatic rings. The second kappa shape index (κ2) is 16.2. The van der Waals surface area contributed by atoms with Crippen LogP contribution in [-0.2, 0) is 47.7 Å². The van der Waals surface area contributed by atoms with Crippen LogP contribution in [0.5, 0.6) is 0 Å². The molecule has 62 heavy (non-hydrogen) atoms. The fourth-order valence-electron chi connectivity index (χ4n) is 13.9. The summed E-state index contributed by atoms with van der Waals surface area (Å²) in [6, 6.07) is 6.12. The van der Waals surface area contributed by atoms with Gasteiger partial charge in [0.05, 0.1) is 61.2 Å². The minimum atomic E-state index is -2.74. The van der Waals surface area contributed by atoms with Crippen molar-refractivity contribution >= 4 is 41.4 Å². The Labute approximate surface area is 358 Å². The van der Waals surface area contributed by atoms with Gasteiger partial charge < -0.3 is 54.3 Å². The molecule has 14 atom stereocenters. The highest BCUT2D eigenvalue weighted by molar-refractivity contribution is 6.22. The number of aliphatic hydroxyl groups is 3. The van der Waals surface area contributed by atoms with Crippen LogP contribution in [0.1, 0.15) is 69.2 Å². The number of amides is 2. The largest absolute Gasteiger partial charge is 0.481 e. The highest BCUT2D eigenvalue weighted by Crippen LogP contribution is 2.80. The number of para-hydroxylation sites is 1. The molecular weight excluding hydrogens is 816 g/mol. The molecule has 19 heteroatoms. The molecule has 1 unspecified atom stereocenters. The van der Waals surface area contributed by atoms with Crippen molar-refractivity contribution in [1.29, 1.82) is 0 Å². The molecule has 19 nitrogen and oxygen atoms in total. The molecule has 0 radical (unpaired) electrons. The number of imide groups is 1. The first kappa shape index (κ1) is 45.9. The van der Waals surface area contributed by atoms with E-state index in [9.17, 15) is 39.0 Å². The highest BCUT2D eigenvalue weighted by atomic mass is 16.5. The number of hydrogen-bond acceptors (Lipinski definition) is 15. The summed E-state index contributed by atoms with van der Waals surface area (Å²) in [5.74, 6) is -7.49. The lowest BCUT2D eigenvalue weighted by Gasteiger charge is -2.70. The van der Waals surface area contributed by atoms with Crippen molar-refractivity contribution in [2.45, 2.75) is 106 Å². The Morgan fingerprint density at radius 1 is 0.935 bits per heavy atom. The predicted molar refractivity (Wildman–Crippen MR) is 212 cm³/mol. The molecular formula is C43H58N2O17. The fourth-order valence-corrected chi connectivity index (χ4v) is 13.9. The Morgan fingerprint density at radius 2 is 1.60 bits per heavy atom. The minimum absolute atomic E-state index is 0.0358. The summed E-state index contributed by atoms with van der Waals surface area (Å²) < 4.78 is 31.4. The number of carbonyl (C=O) groups is 6. The molecule has 6 N–H and O–H groups in total. The van der Waals surface area contributed by atoms with Gasteiger partial charge in [0.15, 0.2) is 5.60 Å². The number of fused-ring (bicyclic) bond motifs is 2. The molecule has 7 fully saturated rings. The van der Waals surface area contributed by atoms with Crippen LogP contribution in [0.25, 0.3) is 0 Å². The molecule has 1 aromatic carbocycles. The fraction of sp³-hybridized carbons (Fsp3) is 0.721. The van der Waals surface area contributed by atoms with Crippen molar-refractivity contribution in [2.24, 2.45) is 40.4 Å². The second-order valence-electron chi connectivity index (χ2n) is 18.4. The van der Waals surface area contributed by atoms with E-state index in [4.69, 9.17) is 44.1 Å². The molecule has 2 saturated heterocycles. The lowest BCUT2D eigenvalue weighted by atomic mass is 9.42. The van der Waals surface area contributed by atoms with E-state index >= 15 is 0 Å². The number of carboxylic acid groups (broad SMARTS) is 3. The zero-order valence-electron chi connectivity index (χ0n) is 35.7. The van der Waals surface area contributed by atoms with Gasteiger partial charge in [0.2, 0.25) is 11.8 Å². The summed E-state index contributed by atoms with van der Waals surface area (Å²) in [6.45, 7) is 4.95. The first-order valence-electron chi connectivity index (χ1n) is 21.0. The smallest absolute Gasteiger partial charge is 0.340 e. The van der Waals surface area contributed by atoms with E-state index in [0.717, 1.165) is 11.3 Å². The number of ether oxygens (including phenoxy) is 5. The SMILES string of the molecule is CCN1C[C@]2(COC(=O)c3ccccc3N3C(=O)C[C@H](C)C3=O)CC[C@H](OC)[C@]34C2[C@H](OC)[C@](O)([C@@H]13)[C@@]1(O)C[C@H](OC)[C@H]2C[C@@H]4[C@@H]1[C@H]2OC.O=C(O)CC(O)(CC(=O)O)C(=O)O. The third-order valence-electron chi connectivity index (χ3n) is 15.8. The standard InChI is InChI=1S/C37H50N2O10.C6H8O7/c1-7-38-17-34(18-49-32(42)20-10-8-9-11-23(20)39-26(40)14-19(2)31(39)41)13-12-25(46-4)36-22-15-21-24(45-3)16-35(43,27(22)28(21)47-5)37(44,33(36)38)30(48-6)29(34)36;7-3(8)1-6(13,5(11)12)2-4(9)10/h8-11,19,21-22,24-25,27-30,33,43-44H,7,12-18H2,1-6H3;13H,1-2H2,(H,7,8)(H,9,10)(H,11,12)/t19-,21+,22+,24-,25-,27+,28-,29?,30-,33-,34-,35+,36+,37-;/m0./s1. The monoisotopic (exact) mass is 874 g/mol. The average Bonchev–Trinajstić information content (AvgIpc) is 3.75. The number of rotatable bonds is 14. The predicted octanol–water partition coefficient (Wildman–Crippen LogP) is 0.787. The summed E-state index contributed by atoms with van der Waals surface area (Å²) in [4.78, 5) is 73.8. The number of anilines is 1. The van der Waals surface area contributed by atoms with Crippen molar-refractivity contribution in [3.05, 3.63) is 29.8 Å². The van der Waals surface area contributed by atoms with Gasteiger partial charge >= 0.3 is 23.9 Å². The van der Waals surface area contributed by atoms with Crippen molar-refractivity contribution < 1.29 is 83.1 Å². The quantitative estimate of drug-likeness (QED) is 0.111. The van der Waals surface area contributed by atoms with Crippen molar-refractivity contribution in [3.63, 3.8) is 0 Å². The third kappa shape index (κ3) is 6.28. The summed E-state index contributed by atoms with van der Waals surface area (Å²) in [7, 11) is 6.70. The van der Waals surface area contributed by atoms with Gasteiger partial charge in [0.1, 0.15) is 11.2 Å². The minimum Gasteiger partial charge on any atom is -0.481 e. The number of carbonyl (C=O) groups excluding carboxylic acids is 3. The third-order valence-corrected chi connectivity index (χ3v) is 15.8. The van der Waals surface area contributed by atoms with Gasteiger partial charge in [-0.25, -0.2) is 14.5 Å². The average molecular weight is 875 g/mol.